The first-order valence-electron chi connectivity index (χ1n) is 4.40. The van der Waals surface area contributed by atoms with Gasteiger partial charge in [0.2, 0.25) is 0 Å². The maximum absolute atomic E-state index is 11.2. The molecule has 1 aliphatic heterocycles. The molecule has 1 fully saturated rings. The van der Waals surface area contributed by atoms with Crippen LogP contribution in [0.1, 0.15) is 6.42 Å². The maximum Gasteiger partial charge on any atom is 0.410 e. The van der Waals surface area contributed by atoms with Crippen LogP contribution in [0.25, 0.3) is 0 Å². The summed E-state index contributed by atoms with van der Waals surface area (Å²) in [6.45, 7) is 4.27. The van der Waals surface area contributed by atoms with Gasteiger partial charge >= 0.3 is 12.1 Å². The number of hydrogen-bond acceptors (Lipinski definition) is 3. The Morgan fingerprint density at radius 2 is 2.36 bits per heavy atom. The molecule has 1 amide bonds. The van der Waals surface area contributed by atoms with Crippen molar-refractivity contribution in [3.8, 4) is 0 Å². The van der Waals surface area contributed by atoms with E-state index in [1.165, 1.54) is 11.0 Å². The van der Waals surface area contributed by atoms with Gasteiger partial charge in [0.1, 0.15) is 6.61 Å². The number of aliphatic carboxylic acids is 1. The summed E-state index contributed by atoms with van der Waals surface area (Å²) in [6, 6.07) is 0. The van der Waals surface area contributed by atoms with Crippen LogP contribution in [0, 0.1) is 5.92 Å². The van der Waals surface area contributed by atoms with E-state index in [4.69, 9.17) is 9.84 Å². The van der Waals surface area contributed by atoms with Gasteiger partial charge in [-0.05, 0) is 6.42 Å². The molecule has 0 radical (unpaired) electrons. The highest BCUT2D eigenvalue weighted by atomic mass is 16.6. The van der Waals surface area contributed by atoms with Crippen LogP contribution in [-0.4, -0.2) is 41.8 Å². The average molecular weight is 199 g/mol. The van der Waals surface area contributed by atoms with Gasteiger partial charge in [0, 0.05) is 13.1 Å². The molecule has 14 heavy (non-hydrogen) atoms. The topological polar surface area (TPSA) is 66.8 Å². The van der Waals surface area contributed by atoms with Gasteiger partial charge in [0.25, 0.3) is 0 Å². The van der Waals surface area contributed by atoms with Crippen LogP contribution in [-0.2, 0) is 9.53 Å². The van der Waals surface area contributed by atoms with Crippen molar-refractivity contribution in [2.24, 2.45) is 5.92 Å². The van der Waals surface area contributed by atoms with Gasteiger partial charge in [-0.15, -0.1) is 0 Å². The third kappa shape index (κ3) is 2.48. The third-order valence-corrected chi connectivity index (χ3v) is 2.12. The zero-order chi connectivity index (χ0) is 10.6. The predicted octanol–water partition coefficient (Wildman–Crippen LogP) is 0.716. The molecule has 1 rings (SSSR count). The highest BCUT2D eigenvalue weighted by molar-refractivity contribution is 5.74. The van der Waals surface area contributed by atoms with E-state index in [1.807, 2.05) is 0 Å². The molecular formula is C9H13NO4. The largest absolute Gasteiger partial charge is 0.481 e. The lowest BCUT2D eigenvalue weighted by Crippen LogP contribution is -2.30. The molecule has 1 N–H and O–H groups in total. The van der Waals surface area contributed by atoms with Crippen molar-refractivity contribution in [2.75, 3.05) is 19.7 Å². The van der Waals surface area contributed by atoms with Crippen molar-refractivity contribution in [3.63, 3.8) is 0 Å². The summed E-state index contributed by atoms with van der Waals surface area (Å²) in [6.07, 6.45) is 1.51. The fourth-order valence-electron chi connectivity index (χ4n) is 1.35. The summed E-state index contributed by atoms with van der Waals surface area (Å²) in [5, 5.41) is 8.69. The molecule has 0 unspecified atom stereocenters. The van der Waals surface area contributed by atoms with Gasteiger partial charge in [0.15, 0.2) is 0 Å². The Morgan fingerprint density at radius 1 is 1.64 bits per heavy atom. The fraction of sp³-hybridized carbons (Fsp3) is 0.556. The van der Waals surface area contributed by atoms with Crippen molar-refractivity contribution in [1.29, 1.82) is 0 Å². The number of carboxylic acids is 1. The number of amides is 1. The Hall–Kier alpha value is -1.52. The maximum atomic E-state index is 11.2. The molecule has 5 heteroatoms. The number of carbonyl (C=O) groups is 2. The first-order valence-corrected chi connectivity index (χ1v) is 4.40. The molecule has 1 heterocycles. The number of likely N-dealkylation sites (tertiary alicyclic amines) is 1. The zero-order valence-corrected chi connectivity index (χ0v) is 7.81. The van der Waals surface area contributed by atoms with Crippen molar-refractivity contribution < 1.29 is 19.4 Å². The molecular weight excluding hydrogens is 186 g/mol. The second-order valence-electron chi connectivity index (χ2n) is 3.14. The van der Waals surface area contributed by atoms with E-state index in [0.29, 0.717) is 13.0 Å². The Labute approximate surface area is 82.0 Å². The minimum absolute atomic E-state index is 0.160. The summed E-state index contributed by atoms with van der Waals surface area (Å²) >= 11 is 0. The van der Waals surface area contributed by atoms with Gasteiger partial charge in [-0.2, -0.15) is 0 Å². The highest BCUT2D eigenvalue weighted by Gasteiger charge is 2.31. The number of rotatable bonds is 3. The van der Waals surface area contributed by atoms with Crippen molar-refractivity contribution >= 4 is 12.1 Å². The Balaban J connectivity index is 2.37. The lowest BCUT2D eigenvalue weighted by atomic mass is 10.1. The smallest absolute Gasteiger partial charge is 0.410 e. The summed E-state index contributed by atoms with van der Waals surface area (Å²) in [5.41, 5.74) is 0. The van der Waals surface area contributed by atoms with Gasteiger partial charge in [-0.3, -0.25) is 4.79 Å². The standard InChI is InChI=1S/C9H13NO4/c1-2-5-14-9(13)10-4-3-7(6-10)8(11)12/h2,7H,1,3-6H2,(H,11,12)/t7-/m0/s1. The minimum atomic E-state index is -0.857. The Bertz CT molecular complexity index is 251. The van der Waals surface area contributed by atoms with Crippen LogP contribution in [0.3, 0.4) is 0 Å². The summed E-state index contributed by atoms with van der Waals surface area (Å²) in [7, 11) is 0. The van der Waals surface area contributed by atoms with Gasteiger partial charge < -0.3 is 14.7 Å². The van der Waals surface area contributed by atoms with E-state index >= 15 is 0 Å². The molecule has 0 aromatic carbocycles. The first-order chi connectivity index (χ1) is 6.65. The molecule has 1 saturated heterocycles. The van der Waals surface area contributed by atoms with Crippen molar-refractivity contribution in [3.05, 3.63) is 12.7 Å². The molecule has 0 aromatic heterocycles. The molecule has 0 bridgehead atoms. The molecule has 0 spiro atoms. The minimum Gasteiger partial charge on any atom is -0.481 e. The van der Waals surface area contributed by atoms with Crippen LogP contribution in [0.2, 0.25) is 0 Å². The molecule has 78 valence electrons. The van der Waals surface area contributed by atoms with E-state index in [-0.39, 0.29) is 13.2 Å². The second-order valence-corrected chi connectivity index (χ2v) is 3.14. The summed E-state index contributed by atoms with van der Waals surface area (Å²) in [4.78, 5) is 23.2. The van der Waals surface area contributed by atoms with E-state index < -0.39 is 18.0 Å². The zero-order valence-electron chi connectivity index (χ0n) is 7.81. The summed E-state index contributed by atoms with van der Waals surface area (Å²) < 4.78 is 4.78. The molecule has 0 saturated carbocycles. The van der Waals surface area contributed by atoms with Crippen LogP contribution in [0.5, 0.6) is 0 Å². The van der Waals surface area contributed by atoms with Gasteiger partial charge in [-0.1, -0.05) is 12.7 Å². The number of nitrogens with zero attached hydrogens (tertiary/aromatic N) is 1. The Morgan fingerprint density at radius 3 is 2.86 bits per heavy atom. The lowest BCUT2D eigenvalue weighted by molar-refractivity contribution is -0.141. The highest BCUT2D eigenvalue weighted by Crippen LogP contribution is 2.16. The third-order valence-electron chi connectivity index (χ3n) is 2.12. The monoisotopic (exact) mass is 199 g/mol. The van der Waals surface area contributed by atoms with Gasteiger partial charge in [-0.25, -0.2) is 4.79 Å². The number of hydrogen-bond donors (Lipinski definition) is 1. The number of carboxylic acid groups (broad SMARTS) is 1. The molecule has 1 atom stereocenters. The van der Waals surface area contributed by atoms with E-state index in [2.05, 4.69) is 6.58 Å². The van der Waals surface area contributed by atoms with E-state index in [1.54, 1.807) is 0 Å². The SMILES string of the molecule is C=CCOC(=O)N1CC[C@H](C(=O)O)C1. The average Bonchev–Trinajstić information content (AvgIpc) is 2.62. The van der Waals surface area contributed by atoms with Crippen LogP contribution < -0.4 is 0 Å². The second kappa shape index (κ2) is 4.64. The molecule has 1 aliphatic rings. The molecule has 0 aromatic rings. The lowest BCUT2D eigenvalue weighted by Gasteiger charge is -2.14. The van der Waals surface area contributed by atoms with Crippen molar-refractivity contribution in [2.45, 2.75) is 6.42 Å². The normalized spacial score (nSPS) is 20.6. The fourth-order valence-corrected chi connectivity index (χ4v) is 1.35. The number of carbonyl (C=O) groups excluding carboxylic acids is 1. The summed E-state index contributed by atoms with van der Waals surface area (Å²) in [5.74, 6) is -1.31. The molecule has 5 nitrogen and oxygen atoms in total. The van der Waals surface area contributed by atoms with E-state index in [9.17, 15) is 9.59 Å². The van der Waals surface area contributed by atoms with Crippen LogP contribution in [0.4, 0.5) is 4.79 Å². The van der Waals surface area contributed by atoms with Crippen LogP contribution >= 0.6 is 0 Å². The Kier molecular flexibility index (Phi) is 3.50. The predicted molar refractivity (Wildman–Crippen MR) is 48.9 cm³/mol. The van der Waals surface area contributed by atoms with Crippen molar-refractivity contribution in [1.82, 2.24) is 4.90 Å². The molecule has 0 aliphatic carbocycles. The van der Waals surface area contributed by atoms with Gasteiger partial charge in [0.05, 0.1) is 5.92 Å². The van der Waals surface area contributed by atoms with Crippen LogP contribution in [0.15, 0.2) is 12.7 Å². The first kappa shape index (κ1) is 10.6. The van der Waals surface area contributed by atoms with E-state index in [0.717, 1.165) is 0 Å². The quantitative estimate of drug-likeness (QED) is 0.680. The number of ether oxygens (including phenoxy) is 1.